The maximum atomic E-state index is 11.1. The second kappa shape index (κ2) is 8.90. The van der Waals surface area contributed by atoms with Crippen LogP contribution >= 0.6 is 23.2 Å². The molecule has 23 heavy (non-hydrogen) atoms. The number of carboxylic acid groups (broad SMARTS) is 1. The van der Waals surface area contributed by atoms with E-state index in [2.05, 4.69) is 29.2 Å². The van der Waals surface area contributed by atoms with Crippen LogP contribution in [0.4, 0.5) is 0 Å². The number of hydrogen-bond donors (Lipinski definition) is 1. The van der Waals surface area contributed by atoms with Crippen molar-refractivity contribution in [3.8, 4) is 0 Å². The molecule has 3 nitrogen and oxygen atoms in total. The molecule has 2 rings (SSSR count). The van der Waals surface area contributed by atoms with Crippen LogP contribution in [0.2, 0.25) is 10.2 Å². The summed E-state index contributed by atoms with van der Waals surface area (Å²) in [5.74, 6) is -1.15. The molecular weight excluding hydrogens is 333 g/mol. The fourth-order valence-electron chi connectivity index (χ4n) is 2.51. The van der Waals surface area contributed by atoms with Crippen molar-refractivity contribution in [1.82, 2.24) is 4.98 Å². The number of halogens is 2. The van der Waals surface area contributed by atoms with Crippen LogP contribution in [0.3, 0.4) is 0 Å². The van der Waals surface area contributed by atoms with Crippen molar-refractivity contribution in [1.29, 1.82) is 0 Å². The van der Waals surface area contributed by atoms with Crippen LogP contribution in [0, 0.1) is 0 Å². The van der Waals surface area contributed by atoms with Gasteiger partial charge in [-0.3, -0.25) is 0 Å². The molecule has 2 aromatic rings. The van der Waals surface area contributed by atoms with E-state index in [1.807, 2.05) is 6.07 Å². The Morgan fingerprint density at radius 3 is 2.30 bits per heavy atom. The molecule has 0 atom stereocenters. The number of hydrogen-bond acceptors (Lipinski definition) is 2. The highest BCUT2D eigenvalue weighted by molar-refractivity contribution is 6.35. The fraction of sp³-hybridized carbons (Fsp3) is 0.333. The van der Waals surface area contributed by atoms with E-state index in [4.69, 9.17) is 28.3 Å². The number of rotatable bonds is 8. The predicted octanol–water partition coefficient (Wildman–Crippen LogP) is 5.43. The second-order valence-corrected chi connectivity index (χ2v) is 6.24. The van der Waals surface area contributed by atoms with Crippen molar-refractivity contribution in [2.75, 3.05) is 0 Å². The van der Waals surface area contributed by atoms with Gasteiger partial charge in [0.25, 0.3) is 0 Å². The van der Waals surface area contributed by atoms with Gasteiger partial charge in [-0.1, -0.05) is 66.4 Å². The highest BCUT2D eigenvalue weighted by atomic mass is 35.5. The lowest BCUT2D eigenvalue weighted by Crippen LogP contribution is -2.04. The van der Waals surface area contributed by atoms with E-state index in [1.54, 1.807) is 6.07 Å². The van der Waals surface area contributed by atoms with Gasteiger partial charge in [0.2, 0.25) is 0 Å². The zero-order valence-corrected chi connectivity index (χ0v) is 14.3. The van der Waals surface area contributed by atoms with Crippen molar-refractivity contribution in [3.63, 3.8) is 0 Å². The number of nitrogens with zero attached hydrogens (tertiary/aromatic N) is 1. The number of aryl methyl sites for hydroxylation is 2. The van der Waals surface area contributed by atoms with Crippen LogP contribution in [0.15, 0.2) is 36.4 Å². The van der Waals surface area contributed by atoms with Gasteiger partial charge in [0.1, 0.15) is 5.15 Å². The van der Waals surface area contributed by atoms with Gasteiger partial charge in [0.05, 0.1) is 5.02 Å². The topological polar surface area (TPSA) is 50.2 Å². The van der Waals surface area contributed by atoms with Crippen LogP contribution < -0.4 is 0 Å². The first-order valence-electron chi connectivity index (χ1n) is 7.70. The minimum absolute atomic E-state index is 0.168. The Morgan fingerprint density at radius 2 is 1.65 bits per heavy atom. The Morgan fingerprint density at radius 1 is 1.00 bits per heavy atom. The number of pyridine rings is 1. The van der Waals surface area contributed by atoms with E-state index >= 15 is 0 Å². The van der Waals surface area contributed by atoms with Crippen LogP contribution in [0.5, 0.6) is 0 Å². The van der Waals surface area contributed by atoms with Gasteiger partial charge in [-0.25, -0.2) is 9.78 Å². The van der Waals surface area contributed by atoms with E-state index in [0.717, 1.165) is 37.7 Å². The Hall–Kier alpha value is -1.58. The minimum atomic E-state index is -1.15. The minimum Gasteiger partial charge on any atom is -0.476 e. The highest BCUT2D eigenvalue weighted by Crippen LogP contribution is 2.25. The van der Waals surface area contributed by atoms with Gasteiger partial charge in [0, 0.05) is 0 Å². The van der Waals surface area contributed by atoms with E-state index in [1.165, 1.54) is 5.56 Å². The van der Waals surface area contributed by atoms with Gasteiger partial charge in [-0.05, 0) is 42.9 Å². The maximum absolute atomic E-state index is 11.1. The molecule has 0 aliphatic carbocycles. The maximum Gasteiger partial charge on any atom is 0.356 e. The first-order valence-corrected chi connectivity index (χ1v) is 8.45. The SMILES string of the molecule is O=C(O)c1nc(Cl)cc(CCCCCCc2ccccc2)c1Cl. The summed E-state index contributed by atoms with van der Waals surface area (Å²) in [7, 11) is 0. The summed E-state index contributed by atoms with van der Waals surface area (Å²) in [6.07, 6.45) is 6.12. The molecule has 0 saturated heterocycles. The average molecular weight is 352 g/mol. The number of benzene rings is 1. The molecule has 1 heterocycles. The molecule has 0 saturated carbocycles. The molecule has 0 unspecified atom stereocenters. The van der Waals surface area contributed by atoms with Gasteiger partial charge in [-0.2, -0.15) is 0 Å². The smallest absolute Gasteiger partial charge is 0.356 e. The summed E-state index contributed by atoms with van der Waals surface area (Å²) in [6.45, 7) is 0. The van der Waals surface area contributed by atoms with E-state index in [0.29, 0.717) is 6.42 Å². The van der Waals surface area contributed by atoms with Gasteiger partial charge < -0.3 is 5.11 Å². The summed E-state index contributed by atoms with van der Waals surface area (Å²) in [4.78, 5) is 14.8. The normalized spacial score (nSPS) is 10.7. The zero-order chi connectivity index (χ0) is 16.7. The Bertz CT molecular complexity index is 660. The number of aromatic nitrogens is 1. The number of aromatic carboxylic acids is 1. The van der Waals surface area contributed by atoms with Crippen molar-refractivity contribution < 1.29 is 9.90 Å². The van der Waals surface area contributed by atoms with Crippen LogP contribution in [-0.4, -0.2) is 16.1 Å². The molecule has 0 bridgehead atoms. The predicted molar refractivity (Wildman–Crippen MR) is 93.5 cm³/mol. The second-order valence-electron chi connectivity index (χ2n) is 5.47. The molecule has 1 N–H and O–H groups in total. The summed E-state index contributed by atoms with van der Waals surface area (Å²) < 4.78 is 0. The van der Waals surface area contributed by atoms with Crippen LogP contribution in [0.1, 0.15) is 47.3 Å². The molecule has 0 spiro atoms. The van der Waals surface area contributed by atoms with Gasteiger partial charge in [0.15, 0.2) is 5.69 Å². The molecular formula is C18H19Cl2NO2. The first kappa shape index (κ1) is 17.8. The van der Waals surface area contributed by atoms with Crippen LogP contribution in [-0.2, 0) is 12.8 Å². The van der Waals surface area contributed by atoms with Gasteiger partial charge in [-0.15, -0.1) is 0 Å². The molecule has 0 amide bonds. The summed E-state index contributed by atoms with van der Waals surface area (Å²) in [5, 5.41) is 9.43. The zero-order valence-electron chi connectivity index (χ0n) is 12.8. The number of unbranched alkanes of at least 4 members (excludes halogenated alkanes) is 3. The third-order valence-electron chi connectivity index (χ3n) is 3.71. The van der Waals surface area contributed by atoms with Crippen molar-refractivity contribution in [3.05, 3.63) is 63.4 Å². The molecule has 5 heteroatoms. The molecule has 0 aliphatic rings. The third kappa shape index (κ3) is 5.52. The Balaban J connectivity index is 1.77. The molecule has 1 aromatic carbocycles. The van der Waals surface area contributed by atoms with E-state index in [-0.39, 0.29) is 15.9 Å². The monoisotopic (exact) mass is 351 g/mol. The average Bonchev–Trinajstić information content (AvgIpc) is 2.54. The van der Waals surface area contributed by atoms with Crippen molar-refractivity contribution >= 4 is 29.2 Å². The molecule has 0 aliphatic heterocycles. The lowest BCUT2D eigenvalue weighted by Gasteiger charge is -2.07. The summed E-state index contributed by atoms with van der Waals surface area (Å²) in [5.41, 5.74) is 1.95. The fourth-order valence-corrected chi connectivity index (χ4v) is 3.00. The van der Waals surface area contributed by atoms with Crippen LogP contribution in [0.25, 0.3) is 0 Å². The van der Waals surface area contributed by atoms with E-state index < -0.39 is 5.97 Å². The van der Waals surface area contributed by atoms with E-state index in [9.17, 15) is 4.79 Å². The molecule has 0 radical (unpaired) electrons. The summed E-state index contributed by atoms with van der Waals surface area (Å²) >= 11 is 12.0. The quantitative estimate of drug-likeness (QED) is 0.509. The van der Waals surface area contributed by atoms with Crippen molar-refractivity contribution in [2.24, 2.45) is 0 Å². The largest absolute Gasteiger partial charge is 0.476 e. The molecule has 1 aromatic heterocycles. The highest BCUT2D eigenvalue weighted by Gasteiger charge is 2.15. The standard InChI is InChI=1S/C18H19Cl2NO2/c19-15-12-14(16(20)17(21-15)18(22)23)11-7-2-1-4-8-13-9-5-3-6-10-13/h3,5-6,9-10,12H,1-2,4,7-8,11H2,(H,22,23). The molecule has 122 valence electrons. The third-order valence-corrected chi connectivity index (χ3v) is 4.32. The lowest BCUT2D eigenvalue weighted by atomic mass is 10.0. The van der Waals surface area contributed by atoms with Crippen molar-refractivity contribution in [2.45, 2.75) is 38.5 Å². The number of carboxylic acids is 1. The summed E-state index contributed by atoms with van der Waals surface area (Å²) in [6, 6.07) is 12.1. The first-order chi connectivity index (χ1) is 11.1. The Kier molecular flexibility index (Phi) is 6.87. The Labute approximate surface area is 146 Å². The van der Waals surface area contributed by atoms with Gasteiger partial charge >= 0.3 is 5.97 Å². The molecule has 0 fully saturated rings. The lowest BCUT2D eigenvalue weighted by molar-refractivity contribution is 0.0690. The number of carbonyl (C=O) groups is 1.